The van der Waals surface area contributed by atoms with Gasteiger partial charge in [0.1, 0.15) is 12.4 Å². The van der Waals surface area contributed by atoms with Crippen LogP contribution in [-0.4, -0.2) is 33.6 Å². The lowest BCUT2D eigenvalue weighted by Crippen LogP contribution is -2.33. The van der Waals surface area contributed by atoms with Crippen molar-refractivity contribution in [2.45, 2.75) is 53.2 Å². The molecule has 0 saturated carbocycles. The topological polar surface area (TPSA) is 50.3 Å². The minimum absolute atomic E-state index is 0.101. The zero-order valence-corrected chi connectivity index (χ0v) is 20.7. The highest BCUT2D eigenvalue weighted by atomic mass is 16.5. The van der Waals surface area contributed by atoms with E-state index in [0.29, 0.717) is 18.4 Å². The number of benzene rings is 2. The molecule has 1 aliphatic rings. The number of nitrogens with zero attached hydrogens (tertiary/aromatic N) is 2. The molecular weight excluding hydrogens is 422 g/mol. The van der Waals surface area contributed by atoms with E-state index in [1.54, 1.807) is 16.8 Å². The zero-order chi connectivity index (χ0) is 24.1. The molecular formula is C29H35N3O2. The third kappa shape index (κ3) is 5.10. The number of aromatic nitrogens is 2. The maximum absolute atomic E-state index is 12.8. The van der Waals surface area contributed by atoms with Crippen molar-refractivity contribution in [2.75, 3.05) is 13.1 Å². The van der Waals surface area contributed by atoms with E-state index in [0.717, 1.165) is 42.7 Å². The van der Waals surface area contributed by atoms with Crippen molar-refractivity contribution in [1.82, 2.24) is 14.5 Å². The molecule has 34 heavy (non-hydrogen) atoms. The van der Waals surface area contributed by atoms with Gasteiger partial charge in [-0.25, -0.2) is 0 Å². The molecule has 0 unspecified atom stereocenters. The van der Waals surface area contributed by atoms with Gasteiger partial charge < -0.3 is 14.6 Å². The van der Waals surface area contributed by atoms with Gasteiger partial charge in [-0.2, -0.15) is 0 Å². The normalized spacial score (nSPS) is 13.8. The summed E-state index contributed by atoms with van der Waals surface area (Å²) in [5.41, 5.74) is 5.68. The van der Waals surface area contributed by atoms with Gasteiger partial charge in [-0.15, -0.1) is 0 Å². The Kier molecular flexibility index (Phi) is 7.53. The van der Waals surface area contributed by atoms with Crippen molar-refractivity contribution in [1.29, 1.82) is 0 Å². The summed E-state index contributed by atoms with van der Waals surface area (Å²) in [7, 11) is 0. The molecule has 5 nitrogen and oxygen atoms in total. The Labute approximate surface area is 202 Å². The second-order valence-electron chi connectivity index (χ2n) is 8.79. The van der Waals surface area contributed by atoms with Gasteiger partial charge in [-0.05, 0) is 49.6 Å². The molecule has 5 heteroatoms. The number of hydrogen-bond acceptors (Lipinski definition) is 3. The molecule has 1 aliphatic heterocycles. The van der Waals surface area contributed by atoms with Gasteiger partial charge in [0.25, 0.3) is 5.56 Å². The molecule has 0 saturated heterocycles. The third-order valence-electron chi connectivity index (χ3n) is 6.42. The summed E-state index contributed by atoms with van der Waals surface area (Å²) in [5.74, 6) is 0.581. The number of pyridine rings is 1. The minimum Gasteiger partial charge on any atom is -0.489 e. The maximum atomic E-state index is 12.8. The van der Waals surface area contributed by atoms with Crippen LogP contribution in [0.3, 0.4) is 0 Å². The van der Waals surface area contributed by atoms with Gasteiger partial charge in [-0.3, -0.25) is 9.36 Å². The summed E-state index contributed by atoms with van der Waals surface area (Å²) in [6.07, 6.45) is 3.88. The molecule has 0 fully saturated rings. The van der Waals surface area contributed by atoms with Gasteiger partial charge in [0, 0.05) is 54.4 Å². The molecule has 0 bridgehead atoms. The molecule has 5 rings (SSSR count). The Hall–Kier alpha value is -3.31. The first kappa shape index (κ1) is 23.8. The predicted molar refractivity (Wildman–Crippen MR) is 140 cm³/mol. The van der Waals surface area contributed by atoms with E-state index in [9.17, 15) is 4.79 Å². The van der Waals surface area contributed by atoms with Crippen LogP contribution in [0.15, 0.2) is 71.7 Å². The maximum Gasteiger partial charge on any atom is 0.258 e. The number of rotatable bonds is 5. The molecule has 2 aromatic carbocycles. The van der Waals surface area contributed by atoms with E-state index >= 15 is 0 Å². The first-order valence-electron chi connectivity index (χ1n) is 12.4. The highest BCUT2D eigenvalue weighted by molar-refractivity contribution is 5.86. The van der Waals surface area contributed by atoms with Crippen molar-refractivity contribution in [2.24, 2.45) is 0 Å². The predicted octanol–water partition coefficient (Wildman–Crippen LogP) is 5.73. The number of aromatic amines is 1. The number of nitrogens with one attached hydrogen (secondary N) is 1. The minimum atomic E-state index is -0.101. The second kappa shape index (κ2) is 10.7. The molecule has 4 aromatic rings. The van der Waals surface area contributed by atoms with Crippen molar-refractivity contribution >= 4 is 10.9 Å². The molecule has 178 valence electrons. The van der Waals surface area contributed by atoms with Crippen LogP contribution in [0.2, 0.25) is 0 Å². The summed E-state index contributed by atoms with van der Waals surface area (Å²) in [6, 6.07) is 20.2. The van der Waals surface area contributed by atoms with E-state index < -0.39 is 0 Å². The number of H-pyrrole nitrogens is 1. The van der Waals surface area contributed by atoms with E-state index in [4.69, 9.17) is 4.74 Å². The van der Waals surface area contributed by atoms with E-state index in [-0.39, 0.29) is 5.56 Å². The van der Waals surface area contributed by atoms with Crippen molar-refractivity contribution in [3.8, 4) is 11.4 Å². The molecule has 0 atom stereocenters. The molecule has 0 radical (unpaired) electrons. The van der Waals surface area contributed by atoms with Crippen molar-refractivity contribution in [3.05, 3.63) is 94.0 Å². The molecule has 3 heterocycles. The number of ether oxygens (including phenoxy) is 1. The summed E-state index contributed by atoms with van der Waals surface area (Å²) in [4.78, 5) is 19.0. The van der Waals surface area contributed by atoms with Gasteiger partial charge in [0.2, 0.25) is 0 Å². The first-order chi connectivity index (χ1) is 16.6. The van der Waals surface area contributed by atoms with Crippen LogP contribution in [0.1, 0.15) is 44.5 Å². The average Bonchev–Trinajstić information content (AvgIpc) is 3.06. The van der Waals surface area contributed by atoms with E-state index in [1.165, 1.54) is 16.6 Å². The quantitative estimate of drug-likeness (QED) is 0.416. The lowest BCUT2D eigenvalue weighted by Gasteiger charge is -2.24. The monoisotopic (exact) mass is 457 g/mol. The SMILES string of the molecule is CC.CC(C)N1CCc2[nH]c3cc(-n4ccc(OCc5ccccc5)cc4=O)ccc3c2CC1. The van der Waals surface area contributed by atoms with Crippen LogP contribution in [-0.2, 0) is 19.4 Å². The average molecular weight is 458 g/mol. The lowest BCUT2D eigenvalue weighted by atomic mass is 10.1. The van der Waals surface area contributed by atoms with Gasteiger partial charge in [-0.1, -0.05) is 50.2 Å². The third-order valence-corrected chi connectivity index (χ3v) is 6.42. The summed E-state index contributed by atoms with van der Waals surface area (Å²) >= 11 is 0. The molecule has 0 spiro atoms. The largest absolute Gasteiger partial charge is 0.489 e. The summed E-state index contributed by atoms with van der Waals surface area (Å²) in [5, 5.41) is 1.27. The van der Waals surface area contributed by atoms with Crippen LogP contribution in [0.25, 0.3) is 16.6 Å². The summed E-state index contributed by atoms with van der Waals surface area (Å²) < 4.78 is 7.47. The van der Waals surface area contributed by atoms with Crippen LogP contribution < -0.4 is 10.3 Å². The fraction of sp³-hybridized carbons (Fsp3) is 0.345. The van der Waals surface area contributed by atoms with E-state index in [1.807, 2.05) is 56.3 Å². The van der Waals surface area contributed by atoms with E-state index in [2.05, 4.69) is 35.9 Å². The smallest absolute Gasteiger partial charge is 0.258 e. The first-order valence-corrected chi connectivity index (χ1v) is 12.4. The van der Waals surface area contributed by atoms with Crippen LogP contribution in [0.4, 0.5) is 0 Å². The number of fused-ring (bicyclic) bond motifs is 3. The Morgan fingerprint density at radius 1 is 0.971 bits per heavy atom. The van der Waals surface area contributed by atoms with Gasteiger partial charge in [0.15, 0.2) is 0 Å². The number of hydrogen-bond donors (Lipinski definition) is 1. The Morgan fingerprint density at radius 2 is 1.74 bits per heavy atom. The molecule has 0 amide bonds. The lowest BCUT2D eigenvalue weighted by molar-refractivity contribution is 0.232. The highest BCUT2D eigenvalue weighted by Crippen LogP contribution is 2.28. The Bertz CT molecular complexity index is 1290. The van der Waals surface area contributed by atoms with Crippen LogP contribution >= 0.6 is 0 Å². The second-order valence-corrected chi connectivity index (χ2v) is 8.79. The van der Waals surface area contributed by atoms with Crippen molar-refractivity contribution < 1.29 is 4.74 Å². The van der Waals surface area contributed by atoms with Crippen LogP contribution in [0.5, 0.6) is 5.75 Å². The zero-order valence-electron chi connectivity index (χ0n) is 20.7. The Balaban J connectivity index is 0.00000133. The van der Waals surface area contributed by atoms with Gasteiger partial charge >= 0.3 is 0 Å². The van der Waals surface area contributed by atoms with Crippen LogP contribution in [0, 0.1) is 0 Å². The standard InChI is InChI=1S/C27H29N3O2.C2H6/c1-19(2)29-13-11-24-23-9-8-21(16-26(23)28-25(24)12-14-29)30-15-10-22(17-27(30)31)32-18-20-6-4-3-5-7-20;1-2/h3-10,15-17,19,28H,11-14,18H2,1-2H3;1-2H3. The molecule has 2 aromatic heterocycles. The molecule has 0 aliphatic carbocycles. The fourth-order valence-electron chi connectivity index (χ4n) is 4.59. The molecule has 1 N–H and O–H groups in total. The Morgan fingerprint density at radius 3 is 2.47 bits per heavy atom. The van der Waals surface area contributed by atoms with Crippen molar-refractivity contribution in [3.63, 3.8) is 0 Å². The van der Waals surface area contributed by atoms with Gasteiger partial charge in [0.05, 0.1) is 5.69 Å². The highest BCUT2D eigenvalue weighted by Gasteiger charge is 2.20. The fourth-order valence-corrected chi connectivity index (χ4v) is 4.59. The summed E-state index contributed by atoms with van der Waals surface area (Å²) in [6.45, 7) is 11.1.